The van der Waals surface area contributed by atoms with Crippen LogP contribution in [0.5, 0.6) is 0 Å². The zero-order valence-electron chi connectivity index (χ0n) is 4.65. The molecule has 0 aromatic heterocycles. The molecule has 2 amide bonds. The number of carbonyl (C=O) groups is 1. The molecule has 0 radical (unpaired) electrons. The van der Waals surface area contributed by atoms with E-state index in [0.29, 0.717) is 0 Å². The van der Waals surface area contributed by atoms with E-state index in [1.54, 1.807) is 0 Å². The smallest absolute Gasteiger partial charge is 0.313 e. The van der Waals surface area contributed by atoms with Crippen molar-refractivity contribution in [2.45, 2.75) is 18.3 Å². The predicted octanol–water partition coefficient (Wildman–Crippen LogP) is 0.786. The van der Waals surface area contributed by atoms with Crippen LogP contribution in [0.15, 0.2) is 0 Å². The van der Waals surface area contributed by atoms with Crippen LogP contribution in [0.1, 0.15) is 13.3 Å². The Morgan fingerprint density at radius 3 is 2.62 bits per heavy atom. The molecule has 4 heteroatoms. The quantitative estimate of drug-likeness (QED) is 0.480. The van der Waals surface area contributed by atoms with E-state index in [4.69, 9.17) is 5.73 Å². The lowest BCUT2D eigenvalue weighted by Crippen LogP contribution is -2.34. The number of amides is 2. The van der Waals surface area contributed by atoms with Gasteiger partial charge in [-0.2, -0.15) is 0 Å². The molecule has 0 spiro atoms. The lowest BCUT2D eigenvalue weighted by Gasteiger charge is -2.04. The Labute approximate surface area is 56.8 Å². The van der Waals surface area contributed by atoms with Crippen molar-refractivity contribution in [1.82, 2.24) is 5.32 Å². The maximum atomic E-state index is 10.0. The third kappa shape index (κ3) is 3.92. The van der Waals surface area contributed by atoms with Gasteiger partial charge in [-0.05, 0) is 6.42 Å². The van der Waals surface area contributed by atoms with E-state index in [0.717, 1.165) is 6.42 Å². The molecule has 0 saturated heterocycles. The summed E-state index contributed by atoms with van der Waals surface area (Å²) in [4.78, 5) is 10.1. The Kier molecular flexibility index (Phi) is 3.60. The van der Waals surface area contributed by atoms with Crippen LogP contribution in [0, 0.1) is 0 Å². The summed E-state index contributed by atoms with van der Waals surface area (Å²) in [5, 5.41) is 2.45. The average Bonchev–Trinajstić information content (AvgIpc) is 1.65. The highest BCUT2D eigenvalue weighted by atomic mass is 79.9. The molecule has 0 aromatic rings. The first-order chi connectivity index (χ1) is 3.66. The monoisotopic (exact) mass is 180 g/mol. The minimum absolute atomic E-state index is 0.0139. The maximum Gasteiger partial charge on any atom is 0.313 e. The normalized spacial score (nSPS) is 12.8. The topological polar surface area (TPSA) is 55.1 Å². The van der Waals surface area contributed by atoms with Crippen molar-refractivity contribution < 1.29 is 4.79 Å². The van der Waals surface area contributed by atoms with Gasteiger partial charge in [0.05, 0.1) is 4.95 Å². The van der Waals surface area contributed by atoms with Gasteiger partial charge in [0.1, 0.15) is 0 Å². The van der Waals surface area contributed by atoms with Gasteiger partial charge in [0, 0.05) is 0 Å². The third-order valence-corrected chi connectivity index (χ3v) is 1.53. The van der Waals surface area contributed by atoms with E-state index in [9.17, 15) is 4.79 Å². The molecule has 3 N–H and O–H groups in total. The summed E-state index contributed by atoms with van der Waals surface area (Å²) in [6, 6.07) is -0.492. The summed E-state index contributed by atoms with van der Waals surface area (Å²) < 4.78 is 0. The van der Waals surface area contributed by atoms with Crippen molar-refractivity contribution >= 4 is 22.0 Å². The molecule has 8 heavy (non-hydrogen) atoms. The Bertz CT molecular complexity index is 86.1. The van der Waals surface area contributed by atoms with E-state index in [1.165, 1.54) is 0 Å². The van der Waals surface area contributed by atoms with Crippen LogP contribution in [-0.2, 0) is 0 Å². The van der Waals surface area contributed by atoms with Gasteiger partial charge in [0.15, 0.2) is 0 Å². The summed E-state index contributed by atoms with van der Waals surface area (Å²) in [5.41, 5.74) is 4.79. The number of hydrogen-bond acceptors (Lipinski definition) is 1. The first-order valence-electron chi connectivity index (χ1n) is 2.37. The highest BCUT2D eigenvalue weighted by Crippen LogP contribution is 1.97. The van der Waals surface area contributed by atoms with Gasteiger partial charge in [0.2, 0.25) is 0 Å². The molecular formula is C4H9BrN2O. The number of primary amides is 1. The van der Waals surface area contributed by atoms with Crippen LogP contribution < -0.4 is 11.1 Å². The maximum absolute atomic E-state index is 10.0. The third-order valence-electron chi connectivity index (χ3n) is 0.657. The molecule has 3 nitrogen and oxygen atoms in total. The molecule has 0 aromatic carbocycles. The summed E-state index contributed by atoms with van der Waals surface area (Å²) in [7, 11) is 0. The van der Waals surface area contributed by atoms with E-state index in [-0.39, 0.29) is 4.95 Å². The Morgan fingerprint density at radius 2 is 2.50 bits per heavy atom. The van der Waals surface area contributed by atoms with Crippen LogP contribution in [-0.4, -0.2) is 11.0 Å². The molecule has 0 aliphatic heterocycles. The van der Waals surface area contributed by atoms with Gasteiger partial charge >= 0.3 is 6.03 Å². The number of nitrogens with two attached hydrogens (primary N) is 1. The van der Waals surface area contributed by atoms with Crippen LogP contribution in [0.3, 0.4) is 0 Å². The van der Waals surface area contributed by atoms with Gasteiger partial charge in [-0.15, -0.1) is 0 Å². The van der Waals surface area contributed by atoms with Crippen molar-refractivity contribution in [1.29, 1.82) is 0 Å². The molecule has 48 valence electrons. The standard InChI is InChI=1S/C4H9BrN2O/c1-2-3(5)7-4(6)8/h3H,2H2,1H3,(H3,6,7,8). The van der Waals surface area contributed by atoms with Crippen LogP contribution >= 0.6 is 15.9 Å². The zero-order valence-corrected chi connectivity index (χ0v) is 6.23. The molecule has 0 fully saturated rings. The minimum Gasteiger partial charge on any atom is -0.352 e. The van der Waals surface area contributed by atoms with Crippen molar-refractivity contribution in [3.05, 3.63) is 0 Å². The number of urea groups is 1. The number of halogens is 1. The lowest BCUT2D eigenvalue weighted by molar-refractivity contribution is 0.248. The van der Waals surface area contributed by atoms with Gasteiger partial charge in [-0.1, -0.05) is 22.9 Å². The van der Waals surface area contributed by atoms with Gasteiger partial charge < -0.3 is 11.1 Å². The number of hydrogen-bond donors (Lipinski definition) is 2. The van der Waals surface area contributed by atoms with Crippen LogP contribution in [0.4, 0.5) is 4.79 Å². The van der Waals surface area contributed by atoms with E-state index in [2.05, 4.69) is 21.2 Å². The highest BCUT2D eigenvalue weighted by Gasteiger charge is 1.99. The molecule has 0 heterocycles. The molecule has 1 atom stereocenters. The largest absolute Gasteiger partial charge is 0.352 e. The van der Waals surface area contributed by atoms with Crippen molar-refractivity contribution in [2.75, 3.05) is 0 Å². The number of nitrogens with one attached hydrogen (secondary N) is 1. The zero-order chi connectivity index (χ0) is 6.57. The fourth-order valence-corrected chi connectivity index (χ4v) is 0.482. The van der Waals surface area contributed by atoms with Gasteiger partial charge in [0.25, 0.3) is 0 Å². The molecule has 0 rings (SSSR count). The molecular weight excluding hydrogens is 172 g/mol. The first-order valence-corrected chi connectivity index (χ1v) is 3.28. The van der Waals surface area contributed by atoms with E-state index in [1.807, 2.05) is 6.92 Å². The summed E-state index contributed by atoms with van der Waals surface area (Å²) in [6.45, 7) is 1.94. The van der Waals surface area contributed by atoms with E-state index < -0.39 is 6.03 Å². The SMILES string of the molecule is CCC(Br)NC(N)=O. The number of rotatable bonds is 2. The molecule has 0 saturated carbocycles. The molecule has 0 bridgehead atoms. The summed E-state index contributed by atoms with van der Waals surface area (Å²) >= 11 is 3.17. The Balaban J connectivity index is 3.24. The predicted molar refractivity (Wildman–Crippen MR) is 35.7 cm³/mol. The van der Waals surface area contributed by atoms with Crippen molar-refractivity contribution in [3.63, 3.8) is 0 Å². The fourth-order valence-electron chi connectivity index (χ4n) is 0.256. The van der Waals surface area contributed by atoms with Crippen LogP contribution in [0.2, 0.25) is 0 Å². The summed E-state index contributed by atoms with van der Waals surface area (Å²) in [6.07, 6.45) is 0.836. The van der Waals surface area contributed by atoms with Crippen LogP contribution in [0.25, 0.3) is 0 Å². The highest BCUT2D eigenvalue weighted by molar-refractivity contribution is 9.09. The van der Waals surface area contributed by atoms with Crippen molar-refractivity contribution in [2.24, 2.45) is 5.73 Å². The van der Waals surface area contributed by atoms with Gasteiger partial charge in [-0.3, -0.25) is 0 Å². The van der Waals surface area contributed by atoms with Gasteiger partial charge in [-0.25, -0.2) is 4.79 Å². The molecule has 0 aliphatic carbocycles. The number of alkyl halides is 1. The second-order valence-electron chi connectivity index (χ2n) is 1.38. The second kappa shape index (κ2) is 3.72. The Hall–Kier alpha value is -0.250. The molecule has 0 aliphatic rings. The second-order valence-corrected chi connectivity index (χ2v) is 2.49. The van der Waals surface area contributed by atoms with E-state index >= 15 is 0 Å². The molecule has 1 unspecified atom stereocenters. The van der Waals surface area contributed by atoms with Crippen molar-refractivity contribution in [3.8, 4) is 0 Å². The minimum atomic E-state index is -0.492. The fraction of sp³-hybridized carbons (Fsp3) is 0.750. The average molecular weight is 181 g/mol. The lowest BCUT2D eigenvalue weighted by atomic mass is 10.5. The summed E-state index contributed by atoms with van der Waals surface area (Å²) in [5.74, 6) is 0. The first kappa shape index (κ1) is 7.75. The number of carbonyl (C=O) groups excluding carboxylic acids is 1. The Morgan fingerprint density at radius 1 is 2.00 bits per heavy atom.